The number of aliphatic hydroxyl groups is 1. The Kier molecular flexibility index (Phi) is 7.00. The molecule has 2 nitrogen and oxygen atoms in total. The molecule has 0 aliphatic rings. The van der Waals surface area contributed by atoms with Crippen LogP contribution in [0.5, 0.6) is 0 Å². The van der Waals surface area contributed by atoms with Gasteiger partial charge in [0, 0.05) is 6.04 Å². The van der Waals surface area contributed by atoms with Crippen molar-refractivity contribution in [3.63, 3.8) is 0 Å². The Morgan fingerprint density at radius 3 is 2.23 bits per heavy atom. The van der Waals surface area contributed by atoms with Gasteiger partial charge in [-0.2, -0.15) is 0 Å². The Morgan fingerprint density at radius 2 is 1.77 bits per heavy atom. The van der Waals surface area contributed by atoms with E-state index in [9.17, 15) is 5.11 Å². The Morgan fingerprint density at radius 1 is 1.23 bits per heavy atom. The van der Waals surface area contributed by atoms with Crippen LogP contribution in [0.3, 0.4) is 0 Å². The monoisotopic (exact) mass is 207 g/mol. The third-order valence-electron chi connectivity index (χ3n) is 2.07. The van der Waals surface area contributed by atoms with Crippen molar-refractivity contribution >= 4 is 37.7 Å². The normalized spacial score (nSPS) is 14.4. The van der Waals surface area contributed by atoms with E-state index in [-0.39, 0.29) is 43.8 Å². The molecule has 0 saturated carbocycles. The molecular weight excluding hydrogens is 190 g/mol. The fourth-order valence-electron chi connectivity index (χ4n) is 1.10. The van der Waals surface area contributed by atoms with Gasteiger partial charge in [-0.1, -0.05) is 30.3 Å². The predicted octanol–water partition coefficient (Wildman–Crippen LogP) is 0.412. The topological polar surface area (TPSA) is 32.3 Å². The molecule has 1 aromatic carbocycles. The standard InChI is InChI=1S/C10H15NO.Ca.2H/c1-8(11-2)10(12)9-6-4-3-5-7-9;;;/h3-8,10-12H,1-2H3;;;. The van der Waals surface area contributed by atoms with Crippen molar-refractivity contribution in [3.05, 3.63) is 35.9 Å². The van der Waals surface area contributed by atoms with Gasteiger partial charge in [-0.25, -0.2) is 0 Å². The first-order valence-corrected chi connectivity index (χ1v) is 4.16. The van der Waals surface area contributed by atoms with Gasteiger partial charge in [-0.15, -0.1) is 0 Å². The van der Waals surface area contributed by atoms with Gasteiger partial charge in [0.1, 0.15) is 0 Å². The van der Waals surface area contributed by atoms with E-state index in [4.69, 9.17) is 0 Å². The average Bonchev–Trinajstić information content (AvgIpc) is 2.17. The van der Waals surface area contributed by atoms with Gasteiger partial charge in [0.15, 0.2) is 0 Å². The van der Waals surface area contributed by atoms with Crippen LogP contribution in [0.25, 0.3) is 0 Å². The summed E-state index contributed by atoms with van der Waals surface area (Å²) in [5.74, 6) is 0. The first kappa shape index (κ1) is 13.4. The van der Waals surface area contributed by atoms with Crippen LogP contribution in [0.1, 0.15) is 18.6 Å². The molecule has 1 rings (SSSR count). The Bertz CT molecular complexity index is 228. The van der Waals surface area contributed by atoms with E-state index in [1.807, 2.05) is 44.3 Å². The number of benzene rings is 1. The predicted molar refractivity (Wildman–Crippen MR) is 58.5 cm³/mol. The van der Waals surface area contributed by atoms with Gasteiger partial charge in [0.05, 0.1) is 6.10 Å². The molecule has 0 amide bonds. The Balaban J connectivity index is 0.00000144. The number of rotatable bonds is 3. The molecule has 0 aromatic heterocycles. The quantitative estimate of drug-likeness (QED) is 0.704. The molecule has 2 atom stereocenters. The van der Waals surface area contributed by atoms with Gasteiger partial charge in [0.2, 0.25) is 0 Å². The summed E-state index contributed by atoms with van der Waals surface area (Å²) in [6.07, 6.45) is -0.420. The van der Waals surface area contributed by atoms with E-state index >= 15 is 0 Å². The number of nitrogens with one attached hydrogen (secondary N) is 1. The van der Waals surface area contributed by atoms with Crippen LogP contribution in [0.4, 0.5) is 0 Å². The third-order valence-corrected chi connectivity index (χ3v) is 2.07. The molecule has 0 aliphatic heterocycles. The third kappa shape index (κ3) is 3.96. The van der Waals surface area contributed by atoms with E-state index in [0.29, 0.717) is 0 Å². The minimum atomic E-state index is -0.420. The van der Waals surface area contributed by atoms with Crippen molar-refractivity contribution in [2.45, 2.75) is 19.1 Å². The van der Waals surface area contributed by atoms with Crippen LogP contribution >= 0.6 is 0 Å². The first-order valence-electron chi connectivity index (χ1n) is 4.16. The summed E-state index contributed by atoms with van der Waals surface area (Å²) >= 11 is 0. The molecule has 0 saturated heterocycles. The number of hydrogen-bond donors (Lipinski definition) is 2. The maximum absolute atomic E-state index is 9.73. The fourth-order valence-corrected chi connectivity index (χ4v) is 1.10. The molecule has 0 fully saturated rings. The summed E-state index contributed by atoms with van der Waals surface area (Å²) in [7, 11) is 1.84. The summed E-state index contributed by atoms with van der Waals surface area (Å²) in [5, 5.41) is 12.7. The van der Waals surface area contributed by atoms with Crippen LogP contribution in [0.2, 0.25) is 0 Å². The van der Waals surface area contributed by atoms with Crippen LogP contribution in [-0.2, 0) is 0 Å². The average molecular weight is 207 g/mol. The van der Waals surface area contributed by atoms with Crippen LogP contribution < -0.4 is 5.32 Å². The first-order chi connectivity index (χ1) is 5.75. The molecule has 0 radical (unpaired) electrons. The van der Waals surface area contributed by atoms with Crippen molar-refractivity contribution in [2.75, 3.05) is 7.05 Å². The van der Waals surface area contributed by atoms with Gasteiger partial charge >= 0.3 is 37.7 Å². The molecule has 0 bridgehead atoms. The van der Waals surface area contributed by atoms with Gasteiger partial charge in [0.25, 0.3) is 0 Å². The SMILES string of the molecule is CNC(C)C(O)c1ccccc1.[CaH2]. The second-order valence-electron chi connectivity index (χ2n) is 2.93. The zero-order valence-corrected chi connectivity index (χ0v) is 7.49. The zero-order valence-electron chi connectivity index (χ0n) is 7.49. The van der Waals surface area contributed by atoms with E-state index in [0.717, 1.165) is 5.56 Å². The molecule has 0 aliphatic carbocycles. The molecule has 3 heteroatoms. The van der Waals surface area contributed by atoms with Crippen molar-refractivity contribution in [3.8, 4) is 0 Å². The van der Waals surface area contributed by atoms with E-state index in [1.165, 1.54) is 0 Å². The van der Waals surface area contributed by atoms with Crippen LogP contribution in [-0.4, -0.2) is 55.9 Å². The second-order valence-corrected chi connectivity index (χ2v) is 2.93. The molecular formula is C10H17CaNO. The second kappa shape index (κ2) is 6.79. The minimum absolute atomic E-state index is 0. The Labute approximate surface area is 109 Å². The summed E-state index contributed by atoms with van der Waals surface area (Å²) in [6.45, 7) is 1.96. The summed E-state index contributed by atoms with van der Waals surface area (Å²) in [5.41, 5.74) is 0.958. The van der Waals surface area contributed by atoms with Crippen molar-refractivity contribution < 1.29 is 5.11 Å². The van der Waals surface area contributed by atoms with E-state index < -0.39 is 6.10 Å². The van der Waals surface area contributed by atoms with Crippen molar-refractivity contribution in [2.24, 2.45) is 0 Å². The van der Waals surface area contributed by atoms with Crippen molar-refractivity contribution in [1.82, 2.24) is 5.32 Å². The summed E-state index contributed by atoms with van der Waals surface area (Å²) < 4.78 is 0. The van der Waals surface area contributed by atoms with Gasteiger partial charge < -0.3 is 10.4 Å². The number of hydrogen-bond acceptors (Lipinski definition) is 2. The maximum atomic E-state index is 9.73. The van der Waals surface area contributed by atoms with Crippen LogP contribution in [0.15, 0.2) is 30.3 Å². The molecule has 0 heterocycles. The molecule has 70 valence electrons. The summed E-state index contributed by atoms with van der Waals surface area (Å²) in [6, 6.07) is 9.76. The zero-order chi connectivity index (χ0) is 8.97. The van der Waals surface area contributed by atoms with Gasteiger partial charge in [-0.05, 0) is 19.5 Å². The number of aliphatic hydroxyl groups excluding tert-OH is 1. The van der Waals surface area contributed by atoms with Crippen LogP contribution in [0, 0.1) is 0 Å². The molecule has 1 aromatic rings. The van der Waals surface area contributed by atoms with E-state index in [2.05, 4.69) is 5.32 Å². The molecule has 0 spiro atoms. The van der Waals surface area contributed by atoms with Gasteiger partial charge in [-0.3, -0.25) is 0 Å². The molecule has 2 N–H and O–H groups in total. The Hall–Kier alpha value is 0.400. The molecule has 13 heavy (non-hydrogen) atoms. The summed E-state index contributed by atoms with van der Waals surface area (Å²) in [4.78, 5) is 0. The number of likely N-dealkylation sites (N-methyl/N-ethyl adjacent to an activating group) is 1. The molecule has 2 unspecified atom stereocenters. The van der Waals surface area contributed by atoms with Crippen molar-refractivity contribution in [1.29, 1.82) is 0 Å². The fraction of sp³-hybridized carbons (Fsp3) is 0.400. The van der Waals surface area contributed by atoms with E-state index in [1.54, 1.807) is 0 Å².